The third-order valence-corrected chi connectivity index (χ3v) is 3.63. The smallest absolute Gasteiger partial charge is 0.293 e. The van der Waals surface area contributed by atoms with E-state index in [0.717, 1.165) is 25.9 Å². The van der Waals surface area contributed by atoms with Crippen molar-refractivity contribution in [3.8, 4) is 5.75 Å². The number of hydrogen-bond donors (Lipinski definition) is 2. The van der Waals surface area contributed by atoms with Gasteiger partial charge >= 0.3 is 0 Å². The highest BCUT2D eigenvalue weighted by Crippen LogP contribution is 2.17. The molecule has 1 aliphatic rings. The second-order valence-electron chi connectivity index (χ2n) is 5.20. The van der Waals surface area contributed by atoms with Crippen molar-refractivity contribution in [2.45, 2.75) is 18.9 Å². The van der Waals surface area contributed by atoms with E-state index in [1.165, 1.54) is 0 Å². The zero-order valence-electron chi connectivity index (χ0n) is 12.8. The number of rotatable bonds is 7. The summed E-state index contributed by atoms with van der Waals surface area (Å²) in [5, 5.41) is 5.92. The lowest BCUT2D eigenvalue weighted by Gasteiger charge is -2.25. The van der Waals surface area contributed by atoms with Crippen LogP contribution in [0, 0.1) is 0 Å². The number of nitrogens with zero attached hydrogens (tertiary/aromatic N) is 1. The minimum atomic E-state index is -0.270. The molecule has 0 aromatic carbocycles. The highest BCUT2D eigenvalue weighted by Gasteiger charge is 2.17. The van der Waals surface area contributed by atoms with Gasteiger partial charge in [-0.25, -0.2) is 0 Å². The maximum absolute atomic E-state index is 12.4. The monoisotopic (exact) mass is 309 g/mol. The summed E-state index contributed by atoms with van der Waals surface area (Å²) in [5.74, 6) is -0.0587. The molecule has 22 heavy (non-hydrogen) atoms. The molecule has 1 amide bonds. The Morgan fingerprint density at radius 3 is 2.95 bits per heavy atom. The number of nitrogens with one attached hydrogen (secondary N) is 2. The number of aromatic nitrogens is 1. The van der Waals surface area contributed by atoms with E-state index in [1.807, 2.05) is 0 Å². The molecule has 0 bridgehead atoms. The van der Waals surface area contributed by atoms with Crippen LogP contribution in [0.5, 0.6) is 5.75 Å². The molecule has 122 valence electrons. The molecular weight excluding hydrogens is 286 g/mol. The van der Waals surface area contributed by atoms with E-state index in [2.05, 4.69) is 10.6 Å². The molecule has 2 N–H and O–H groups in total. The molecule has 0 spiro atoms. The van der Waals surface area contributed by atoms with Crippen molar-refractivity contribution < 1.29 is 14.3 Å². The van der Waals surface area contributed by atoms with Crippen LogP contribution in [0.2, 0.25) is 0 Å². The summed E-state index contributed by atoms with van der Waals surface area (Å²) in [6.45, 7) is 2.51. The van der Waals surface area contributed by atoms with Crippen molar-refractivity contribution in [3.63, 3.8) is 0 Å². The van der Waals surface area contributed by atoms with E-state index >= 15 is 0 Å². The van der Waals surface area contributed by atoms with Gasteiger partial charge in [0.25, 0.3) is 11.5 Å². The first-order chi connectivity index (χ1) is 10.7. The number of carbonyl (C=O) groups excluding carboxylic acids is 1. The molecule has 7 heteroatoms. The topological polar surface area (TPSA) is 81.6 Å². The molecule has 2 heterocycles. The summed E-state index contributed by atoms with van der Waals surface area (Å²) in [5.41, 5.74) is -0.181. The Morgan fingerprint density at radius 2 is 2.23 bits per heavy atom. The second-order valence-corrected chi connectivity index (χ2v) is 5.20. The normalized spacial score (nSPS) is 15.5. The van der Waals surface area contributed by atoms with Crippen molar-refractivity contribution in [3.05, 3.63) is 28.7 Å². The Morgan fingerprint density at radius 1 is 1.45 bits per heavy atom. The van der Waals surface area contributed by atoms with Gasteiger partial charge in [0.15, 0.2) is 12.4 Å². The van der Waals surface area contributed by atoms with Crippen molar-refractivity contribution in [2.24, 2.45) is 0 Å². The average Bonchev–Trinajstić information content (AvgIpc) is 2.55. The second kappa shape index (κ2) is 8.55. The Bertz CT molecular complexity index is 538. The molecule has 0 saturated carbocycles. The van der Waals surface area contributed by atoms with Gasteiger partial charge in [0.05, 0.1) is 6.61 Å². The third kappa shape index (κ3) is 4.57. The van der Waals surface area contributed by atoms with Gasteiger partial charge in [-0.3, -0.25) is 9.59 Å². The molecule has 0 radical (unpaired) electrons. The third-order valence-electron chi connectivity index (χ3n) is 3.63. The lowest BCUT2D eigenvalue weighted by molar-refractivity contribution is -0.123. The van der Waals surface area contributed by atoms with Gasteiger partial charge in [-0.1, -0.05) is 0 Å². The van der Waals surface area contributed by atoms with Gasteiger partial charge in [-0.15, -0.1) is 0 Å². The van der Waals surface area contributed by atoms with Crippen LogP contribution >= 0.6 is 0 Å². The number of ether oxygens (including phenoxy) is 2. The first kappa shape index (κ1) is 16.5. The molecule has 0 aliphatic carbocycles. The van der Waals surface area contributed by atoms with E-state index in [-0.39, 0.29) is 29.9 Å². The van der Waals surface area contributed by atoms with Crippen LogP contribution in [0.15, 0.2) is 23.1 Å². The SMILES string of the molecule is COCCNC(=O)COc1cccn(C2CCNCC2)c1=O. The highest BCUT2D eigenvalue weighted by molar-refractivity contribution is 5.77. The van der Waals surface area contributed by atoms with E-state index in [0.29, 0.717) is 13.2 Å². The van der Waals surface area contributed by atoms with Gasteiger partial charge in [-0.2, -0.15) is 0 Å². The van der Waals surface area contributed by atoms with Gasteiger partial charge in [0, 0.05) is 25.9 Å². The van der Waals surface area contributed by atoms with Crippen LogP contribution in [-0.4, -0.2) is 50.4 Å². The van der Waals surface area contributed by atoms with Gasteiger partial charge in [0.2, 0.25) is 0 Å². The molecule has 0 unspecified atom stereocenters. The molecule has 1 aliphatic heterocycles. The predicted octanol–water partition coefficient (Wildman–Crippen LogP) is -0.0858. The molecule has 0 atom stereocenters. The minimum Gasteiger partial charge on any atom is -0.478 e. The van der Waals surface area contributed by atoms with Crippen molar-refractivity contribution in [2.75, 3.05) is 40.0 Å². The van der Waals surface area contributed by atoms with Crippen molar-refractivity contribution >= 4 is 5.91 Å². The molecule has 1 aromatic rings. The fraction of sp³-hybridized carbons (Fsp3) is 0.600. The lowest BCUT2D eigenvalue weighted by atomic mass is 10.1. The van der Waals surface area contributed by atoms with Crippen molar-refractivity contribution in [1.82, 2.24) is 15.2 Å². The first-order valence-corrected chi connectivity index (χ1v) is 7.52. The zero-order chi connectivity index (χ0) is 15.8. The van der Waals surface area contributed by atoms with Gasteiger partial charge in [-0.05, 0) is 38.1 Å². The van der Waals surface area contributed by atoms with Crippen LogP contribution in [0.1, 0.15) is 18.9 Å². The molecule has 1 aromatic heterocycles. The molecule has 1 saturated heterocycles. The van der Waals surface area contributed by atoms with E-state index < -0.39 is 0 Å². The molecule has 7 nitrogen and oxygen atoms in total. The van der Waals surface area contributed by atoms with Crippen LogP contribution < -0.4 is 20.9 Å². The van der Waals surface area contributed by atoms with Crippen LogP contribution in [0.4, 0.5) is 0 Å². The largest absolute Gasteiger partial charge is 0.478 e. The quantitative estimate of drug-likeness (QED) is 0.688. The number of carbonyl (C=O) groups is 1. The average molecular weight is 309 g/mol. The fourth-order valence-corrected chi connectivity index (χ4v) is 2.46. The number of hydrogen-bond acceptors (Lipinski definition) is 5. The molecule has 2 rings (SSSR count). The summed E-state index contributed by atoms with van der Waals surface area (Å²) >= 11 is 0. The summed E-state index contributed by atoms with van der Waals surface area (Å²) in [7, 11) is 1.57. The van der Waals surface area contributed by atoms with Gasteiger partial charge in [0.1, 0.15) is 0 Å². The lowest BCUT2D eigenvalue weighted by Crippen LogP contribution is -2.35. The van der Waals surface area contributed by atoms with Crippen LogP contribution in [0.25, 0.3) is 0 Å². The van der Waals surface area contributed by atoms with Crippen LogP contribution in [-0.2, 0) is 9.53 Å². The Balaban J connectivity index is 1.94. The van der Waals surface area contributed by atoms with E-state index in [9.17, 15) is 9.59 Å². The predicted molar refractivity (Wildman–Crippen MR) is 82.2 cm³/mol. The van der Waals surface area contributed by atoms with E-state index in [4.69, 9.17) is 9.47 Å². The summed E-state index contributed by atoms with van der Waals surface area (Å²) in [6.07, 6.45) is 3.62. The first-order valence-electron chi connectivity index (χ1n) is 7.52. The molecule has 1 fully saturated rings. The summed E-state index contributed by atoms with van der Waals surface area (Å²) < 4.78 is 11.9. The Kier molecular flexibility index (Phi) is 6.42. The maximum Gasteiger partial charge on any atom is 0.293 e. The van der Waals surface area contributed by atoms with Crippen molar-refractivity contribution in [1.29, 1.82) is 0 Å². The van der Waals surface area contributed by atoms with Crippen LogP contribution in [0.3, 0.4) is 0 Å². The fourth-order valence-electron chi connectivity index (χ4n) is 2.46. The number of amides is 1. The minimum absolute atomic E-state index is 0.171. The summed E-state index contributed by atoms with van der Waals surface area (Å²) in [6, 6.07) is 3.57. The van der Waals surface area contributed by atoms with E-state index in [1.54, 1.807) is 30.0 Å². The number of piperidine rings is 1. The highest BCUT2D eigenvalue weighted by atomic mass is 16.5. The Labute approximate surface area is 129 Å². The zero-order valence-corrected chi connectivity index (χ0v) is 12.8. The van der Waals surface area contributed by atoms with Gasteiger partial charge < -0.3 is 24.7 Å². The summed E-state index contributed by atoms with van der Waals surface area (Å²) in [4.78, 5) is 24.0. The maximum atomic E-state index is 12.4. The Hall–Kier alpha value is -1.86. The number of methoxy groups -OCH3 is 1. The standard InChI is InChI=1S/C15H23N3O4/c1-21-10-8-17-14(19)11-22-13-3-2-9-18(15(13)20)12-4-6-16-7-5-12/h2-3,9,12,16H,4-8,10-11H2,1H3,(H,17,19). The molecular formula is C15H23N3O4. The number of pyridine rings is 1.